The van der Waals surface area contributed by atoms with Crippen LogP contribution in [0.5, 0.6) is 0 Å². The highest BCUT2D eigenvalue weighted by molar-refractivity contribution is 7.99. The van der Waals surface area contributed by atoms with Gasteiger partial charge in [0.25, 0.3) is 15.9 Å². The summed E-state index contributed by atoms with van der Waals surface area (Å²) in [5.41, 5.74) is 8.73. The zero-order valence-electron chi connectivity index (χ0n) is 17.7. The molecule has 0 amide bonds. The molecule has 0 saturated heterocycles. The van der Waals surface area contributed by atoms with Crippen molar-refractivity contribution in [2.75, 3.05) is 0 Å². The van der Waals surface area contributed by atoms with Gasteiger partial charge in [0.2, 0.25) is 11.8 Å². The maximum Gasteiger partial charge on any atom is 0.286 e. The zero-order chi connectivity index (χ0) is 25.0. The minimum absolute atomic E-state index is 0.00763. The molecule has 1 aromatic heterocycles. The van der Waals surface area contributed by atoms with Gasteiger partial charge in [-0.15, -0.1) is 16.2 Å². The monoisotopic (exact) mass is 549 g/mol. The lowest BCUT2D eigenvalue weighted by atomic mass is 10.2. The number of thioether (sulfide) groups is 1. The minimum Gasteiger partial charge on any atom is -0.367 e. The van der Waals surface area contributed by atoms with E-state index in [1.807, 2.05) is 30.3 Å². The summed E-state index contributed by atoms with van der Waals surface area (Å²) in [4.78, 5) is 4.48. The third-order valence-corrected chi connectivity index (χ3v) is 7.79. The number of aromatic nitrogens is 2. The van der Waals surface area contributed by atoms with E-state index in [1.54, 1.807) is 24.3 Å². The topological polar surface area (TPSA) is 144 Å². The van der Waals surface area contributed by atoms with Gasteiger partial charge < -0.3 is 10.3 Å². The van der Waals surface area contributed by atoms with E-state index in [4.69, 9.17) is 38.7 Å². The molecule has 0 fully saturated rings. The van der Waals surface area contributed by atoms with Gasteiger partial charge in [-0.1, -0.05) is 58.7 Å². The first-order valence-corrected chi connectivity index (χ1v) is 13.1. The molecule has 0 aliphatic heterocycles. The number of nitrogens with zero attached hydrogens (tertiary/aromatic N) is 3. The third kappa shape index (κ3) is 5.95. The van der Waals surface area contributed by atoms with Gasteiger partial charge in [0.1, 0.15) is 4.90 Å². The number of nitrogens with two attached hydrogens (primary N) is 1. The van der Waals surface area contributed by atoms with Crippen LogP contribution in [0.2, 0.25) is 10.0 Å². The van der Waals surface area contributed by atoms with Crippen LogP contribution in [0.25, 0.3) is 22.8 Å². The number of rotatable bonds is 7. The van der Waals surface area contributed by atoms with E-state index in [0.717, 1.165) is 5.56 Å². The molecule has 0 aliphatic rings. The molecule has 35 heavy (non-hydrogen) atoms. The van der Waals surface area contributed by atoms with E-state index >= 15 is 0 Å². The van der Waals surface area contributed by atoms with Crippen LogP contribution >= 0.6 is 35.0 Å². The Morgan fingerprint density at radius 2 is 1.83 bits per heavy atom. The van der Waals surface area contributed by atoms with E-state index in [0.29, 0.717) is 21.2 Å². The molecule has 4 N–H and O–H groups in total. The Labute approximate surface area is 215 Å². The summed E-state index contributed by atoms with van der Waals surface area (Å²) in [6.45, 7) is 0. The Morgan fingerprint density at radius 1 is 1.11 bits per heavy atom. The lowest BCUT2D eigenvalue weighted by Gasteiger charge is -2.11. The third-order valence-electron chi connectivity index (χ3n) is 4.64. The molecule has 180 valence electrons. The lowest BCUT2D eigenvalue weighted by Crippen LogP contribution is -2.29. The van der Waals surface area contributed by atoms with Crippen molar-refractivity contribution in [3.05, 3.63) is 82.3 Å². The van der Waals surface area contributed by atoms with Crippen molar-refractivity contribution >= 4 is 50.9 Å². The highest BCUT2D eigenvalue weighted by Gasteiger charge is 2.24. The second-order valence-corrected chi connectivity index (χ2v) is 10.5. The highest BCUT2D eigenvalue weighted by atomic mass is 35.5. The fourth-order valence-electron chi connectivity index (χ4n) is 3.00. The van der Waals surface area contributed by atoms with E-state index in [-0.39, 0.29) is 27.2 Å². The van der Waals surface area contributed by atoms with E-state index in [1.165, 1.54) is 29.4 Å². The van der Waals surface area contributed by atoms with Gasteiger partial charge in [0.15, 0.2) is 0 Å². The Hall–Kier alpha value is -3.09. The number of sulfonamides is 1. The van der Waals surface area contributed by atoms with Gasteiger partial charge in [-0.05, 0) is 42.0 Å². The van der Waals surface area contributed by atoms with E-state index in [2.05, 4.69) is 14.5 Å². The van der Waals surface area contributed by atoms with Crippen LogP contribution in [-0.4, -0.2) is 29.7 Å². The first kappa shape index (κ1) is 25.0. The Kier molecular flexibility index (Phi) is 7.63. The van der Waals surface area contributed by atoms with Crippen LogP contribution in [0.1, 0.15) is 5.56 Å². The van der Waals surface area contributed by atoms with Crippen molar-refractivity contribution in [1.82, 2.24) is 15.6 Å². The van der Waals surface area contributed by atoms with Crippen LogP contribution in [0.4, 0.5) is 0 Å². The predicted molar refractivity (Wildman–Crippen MR) is 135 cm³/mol. The van der Waals surface area contributed by atoms with Crippen molar-refractivity contribution in [3.8, 4) is 22.8 Å². The summed E-state index contributed by atoms with van der Waals surface area (Å²) in [6, 6.07) is 19.1. The summed E-state index contributed by atoms with van der Waals surface area (Å²) >= 11 is 13.7. The molecule has 0 atom stereocenters. The number of halogens is 2. The molecule has 0 bridgehead atoms. The molecule has 4 rings (SSSR count). The van der Waals surface area contributed by atoms with Crippen LogP contribution in [0.15, 0.2) is 85.4 Å². The summed E-state index contributed by atoms with van der Waals surface area (Å²) < 4.78 is 34.8. The number of hydroxylamine groups is 1. The smallest absolute Gasteiger partial charge is 0.286 e. The van der Waals surface area contributed by atoms with E-state index < -0.39 is 16.0 Å². The van der Waals surface area contributed by atoms with Gasteiger partial charge in [-0.25, -0.2) is 5.48 Å². The average molecular weight is 550 g/mol. The Morgan fingerprint density at radius 3 is 2.51 bits per heavy atom. The summed E-state index contributed by atoms with van der Waals surface area (Å²) in [7, 11) is -4.35. The van der Waals surface area contributed by atoms with Crippen molar-refractivity contribution in [2.24, 2.45) is 10.1 Å². The molecule has 1 heterocycles. The fraction of sp³-hybridized carbons (Fsp3) is 0.0455. The lowest BCUT2D eigenvalue weighted by molar-refractivity contribution is 0.233. The minimum atomic E-state index is -4.35. The zero-order valence-corrected chi connectivity index (χ0v) is 20.9. The fourth-order valence-corrected chi connectivity index (χ4v) is 5.82. The second kappa shape index (κ2) is 10.7. The Bertz CT molecular complexity index is 1480. The first-order chi connectivity index (χ1) is 16.8. The van der Waals surface area contributed by atoms with Crippen LogP contribution < -0.4 is 11.2 Å². The van der Waals surface area contributed by atoms with Crippen molar-refractivity contribution in [1.29, 1.82) is 0 Å². The summed E-state index contributed by atoms with van der Waals surface area (Å²) in [5, 5.41) is 13.6. The molecule has 0 aliphatic carbocycles. The number of hydrogen-bond donors (Lipinski definition) is 3. The number of guanidine groups is 1. The molecule has 0 saturated carbocycles. The quantitative estimate of drug-likeness (QED) is 0.126. The normalized spacial score (nSPS) is 12.0. The molecule has 9 nitrogen and oxygen atoms in total. The second-order valence-electron chi connectivity index (χ2n) is 7.05. The summed E-state index contributed by atoms with van der Waals surface area (Å²) in [6.07, 6.45) is 0. The molecular formula is C22H17Cl2N5O4S2. The molecular weight excluding hydrogens is 533 g/mol. The SMILES string of the molecule is N/C(=N\S(=O)(=O)c1cc(-c2nc(-c3ccc(Cl)cc3)no2)c(Cl)cc1SCc1ccccc1)NO. The van der Waals surface area contributed by atoms with Crippen LogP contribution in [0, 0.1) is 0 Å². The Balaban J connectivity index is 1.77. The molecule has 0 unspecified atom stereocenters. The molecule has 13 heteroatoms. The highest BCUT2D eigenvalue weighted by Crippen LogP contribution is 2.38. The number of hydrogen-bond acceptors (Lipinski definition) is 7. The standard InChI is InChI=1S/C22H17Cl2N5O4S2/c23-15-8-6-14(7-9-15)20-26-21(33-28-20)16-10-19(35(31,32)29-22(25)27-30)18(11-17(16)24)34-12-13-4-2-1-3-5-13/h1-11,30H,12H2,(H3,25,27,29). The molecule has 0 spiro atoms. The van der Waals surface area contributed by atoms with Gasteiger partial charge in [0.05, 0.1) is 10.6 Å². The number of benzene rings is 3. The molecule has 0 radical (unpaired) electrons. The van der Waals surface area contributed by atoms with Crippen LogP contribution in [0.3, 0.4) is 0 Å². The molecule has 3 aromatic carbocycles. The number of nitrogens with one attached hydrogen (secondary N) is 1. The van der Waals surface area contributed by atoms with Crippen molar-refractivity contribution in [2.45, 2.75) is 15.5 Å². The average Bonchev–Trinajstić information content (AvgIpc) is 3.33. The van der Waals surface area contributed by atoms with Gasteiger partial charge in [-0.3, -0.25) is 5.21 Å². The van der Waals surface area contributed by atoms with Crippen molar-refractivity contribution < 1.29 is 18.1 Å². The van der Waals surface area contributed by atoms with Gasteiger partial charge in [0, 0.05) is 21.2 Å². The first-order valence-electron chi connectivity index (χ1n) is 9.87. The molecule has 4 aromatic rings. The van der Waals surface area contributed by atoms with Crippen LogP contribution in [-0.2, 0) is 15.8 Å². The predicted octanol–water partition coefficient (Wildman–Crippen LogP) is 4.98. The largest absolute Gasteiger partial charge is 0.367 e. The summed E-state index contributed by atoms with van der Waals surface area (Å²) in [5.74, 6) is 0.0561. The van der Waals surface area contributed by atoms with Gasteiger partial charge in [-0.2, -0.15) is 13.4 Å². The van der Waals surface area contributed by atoms with Crippen molar-refractivity contribution in [3.63, 3.8) is 0 Å². The van der Waals surface area contributed by atoms with E-state index in [9.17, 15) is 8.42 Å². The maximum absolute atomic E-state index is 13.0. The maximum atomic E-state index is 13.0. The van der Waals surface area contributed by atoms with Gasteiger partial charge >= 0.3 is 0 Å².